The van der Waals surface area contributed by atoms with Gasteiger partial charge in [0.25, 0.3) is 0 Å². The first kappa shape index (κ1) is 11.3. The molecule has 1 heterocycles. The van der Waals surface area contributed by atoms with Crippen LogP contribution < -0.4 is 0 Å². The molecule has 1 aromatic rings. The number of hydrogen-bond donors (Lipinski definition) is 0. The van der Waals surface area contributed by atoms with Gasteiger partial charge >= 0.3 is 6.09 Å². The summed E-state index contributed by atoms with van der Waals surface area (Å²) in [5, 5.41) is 0. The molecule has 4 heteroatoms. The monoisotopic (exact) mass is 237 g/mol. The molecule has 1 aliphatic rings. The number of ether oxygens (including phenoxy) is 1. The van der Waals surface area contributed by atoms with Gasteiger partial charge in [-0.05, 0) is 37.8 Å². The van der Waals surface area contributed by atoms with Crippen molar-refractivity contribution in [3.8, 4) is 0 Å². The van der Waals surface area contributed by atoms with Crippen LogP contribution >= 0.6 is 12.2 Å². The first-order valence-electron chi connectivity index (χ1n) is 5.66. The number of carbonyl (C=O) groups is 1. The minimum atomic E-state index is -0.350. The Morgan fingerprint density at radius 2 is 2.06 bits per heavy atom. The first-order chi connectivity index (χ1) is 7.77. The van der Waals surface area contributed by atoms with Crippen LogP contribution in [-0.4, -0.2) is 16.8 Å². The molecule has 0 unspecified atom stereocenters. The SMILES string of the molecule is O=C(OC1CCCCC1)n1ccccc1=S. The maximum atomic E-state index is 11.8. The molecule has 0 atom stereocenters. The summed E-state index contributed by atoms with van der Waals surface area (Å²) in [4.78, 5) is 11.8. The van der Waals surface area contributed by atoms with Gasteiger partial charge in [0.05, 0.1) is 0 Å². The molecule has 0 N–H and O–H groups in total. The number of aromatic nitrogens is 1. The topological polar surface area (TPSA) is 31.2 Å². The molecule has 1 fully saturated rings. The van der Waals surface area contributed by atoms with Crippen molar-refractivity contribution in [2.45, 2.75) is 38.2 Å². The van der Waals surface area contributed by atoms with E-state index in [0.29, 0.717) is 4.64 Å². The molecule has 0 aliphatic heterocycles. The van der Waals surface area contributed by atoms with Crippen molar-refractivity contribution in [2.24, 2.45) is 0 Å². The molecular weight excluding hydrogens is 222 g/mol. The summed E-state index contributed by atoms with van der Waals surface area (Å²) in [6.07, 6.45) is 6.88. The zero-order valence-corrected chi connectivity index (χ0v) is 9.91. The van der Waals surface area contributed by atoms with Crippen molar-refractivity contribution in [3.63, 3.8) is 0 Å². The van der Waals surface area contributed by atoms with Gasteiger partial charge in [-0.25, -0.2) is 9.36 Å². The number of carbonyl (C=O) groups excluding carboxylic acids is 1. The Hall–Kier alpha value is -1.16. The Balaban J connectivity index is 2.02. The lowest BCUT2D eigenvalue weighted by Crippen LogP contribution is -2.24. The Bertz CT molecular complexity index is 421. The lowest BCUT2D eigenvalue weighted by atomic mass is 9.98. The summed E-state index contributed by atoms with van der Waals surface area (Å²) < 4.78 is 7.28. The van der Waals surface area contributed by atoms with Crippen molar-refractivity contribution in [2.75, 3.05) is 0 Å². The van der Waals surface area contributed by atoms with Gasteiger partial charge in [-0.2, -0.15) is 0 Å². The Morgan fingerprint density at radius 1 is 1.31 bits per heavy atom. The van der Waals surface area contributed by atoms with E-state index in [9.17, 15) is 4.79 Å². The Kier molecular flexibility index (Phi) is 3.72. The second-order valence-electron chi connectivity index (χ2n) is 4.05. The first-order valence-corrected chi connectivity index (χ1v) is 6.07. The second kappa shape index (κ2) is 5.25. The van der Waals surface area contributed by atoms with Gasteiger partial charge in [0.1, 0.15) is 10.7 Å². The van der Waals surface area contributed by atoms with Crippen LogP contribution in [0.15, 0.2) is 24.4 Å². The van der Waals surface area contributed by atoms with E-state index in [1.807, 2.05) is 6.07 Å². The number of hydrogen-bond acceptors (Lipinski definition) is 3. The van der Waals surface area contributed by atoms with Crippen LogP contribution in [0.3, 0.4) is 0 Å². The highest BCUT2D eigenvalue weighted by atomic mass is 32.1. The van der Waals surface area contributed by atoms with E-state index in [4.69, 9.17) is 17.0 Å². The molecule has 86 valence electrons. The highest BCUT2D eigenvalue weighted by molar-refractivity contribution is 7.71. The van der Waals surface area contributed by atoms with Gasteiger partial charge in [-0.3, -0.25) is 0 Å². The van der Waals surface area contributed by atoms with Crippen molar-refractivity contribution in [3.05, 3.63) is 29.0 Å². The van der Waals surface area contributed by atoms with E-state index in [0.717, 1.165) is 25.7 Å². The van der Waals surface area contributed by atoms with Crippen LogP contribution in [0.1, 0.15) is 32.1 Å². The molecule has 0 aromatic carbocycles. The average Bonchev–Trinajstić information content (AvgIpc) is 2.31. The fourth-order valence-corrected chi connectivity index (χ4v) is 2.17. The third kappa shape index (κ3) is 2.70. The van der Waals surface area contributed by atoms with Crippen LogP contribution in [-0.2, 0) is 4.74 Å². The van der Waals surface area contributed by atoms with E-state index < -0.39 is 0 Å². The van der Waals surface area contributed by atoms with Gasteiger partial charge in [-0.15, -0.1) is 0 Å². The van der Waals surface area contributed by atoms with E-state index >= 15 is 0 Å². The maximum Gasteiger partial charge on any atom is 0.419 e. The molecule has 0 radical (unpaired) electrons. The molecule has 0 bridgehead atoms. The minimum absolute atomic E-state index is 0.0726. The predicted molar refractivity (Wildman–Crippen MR) is 64.0 cm³/mol. The van der Waals surface area contributed by atoms with Gasteiger partial charge in [0.15, 0.2) is 0 Å². The van der Waals surface area contributed by atoms with E-state index in [-0.39, 0.29) is 12.2 Å². The predicted octanol–water partition coefficient (Wildman–Crippen LogP) is 3.53. The summed E-state index contributed by atoms with van der Waals surface area (Å²) in [7, 11) is 0. The Labute approximate surface area is 100 Å². The lowest BCUT2D eigenvalue weighted by molar-refractivity contribution is 0.0761. The molecule has 1 saturated carbocycles. The fourth-order valence-electron chi connectivity index (χ4n) is 1.96. The fraction of sp³-hybridized carbons (Fsp3) is 0.500. The summed E-state index contributed by atoms with van der Waals surface area (Å²) >= 11 is 5.06. The van der Waals surface area contributed by atoms with Crippen molar-refractivity contribution >= 4 is 18.3 Å². The van der Waals surface area contributed by atoms with E-state index in [1.165, 1.54) is 11.0 Å². The number of pyridine rings is 1. The molecular formula is C12H15NO2S. The largest absolute Gasteiger partial charge is 0.446 e. The van der Waals surface area contributed by atoms with Crippen LogP contribution in [0.2, 0.25) is 0 Å². The van der Waals surface area contributed by atoms with Crippen LogP contribution in [0.25, 0.3) is 0 Å². The molecule has 3 nitrogen and oxygen atoms in total. The molecule has 1 aromatic heterocycles. The van der Waals surface area contributed by atoms with Gasteiger partial charge < -0.3 is 4.74 Å². The lowest BCUT2D eigenvalue weighted by Gasteiger charge is -2.22. The molecule has 0 amide bonds. The van der Waals surface area contributed by atoms with Crippen molar-refractivity contribution in [1.29, 1.82) is 0 Å². The van der Waals surface area contributed by atoms with Crippen molar-refractivity contribution in [1.82, 2.24) is 4.57 Å². The average molecular weight is 237 g/mol. The zero-order chi connectivity index (χ0) is 11.4. The van der Waals surface area contributed by atoms with Crippen LogP contribution in [0, 0.1) is 4.64 Å². The summed E-state index contributed by atoms with van der Waals surface area (Å²) in [6.45, 7) is 0. The number of nitrogens with zero attached hydrogens (tertiary/aromatic N) is 1. The number of rotatable bonds is 1. The third-order valence-electron chi connectivity index (χ3n) is 2.84. The highest BCUT2D eigenvalue weighted by Gasteiger charge is 2.18. The van der Waals surface area contributed by atoms with Crippen LogP contribution in [0.4, 0.5) is 4.79 Å². The molecule has 2 rings (SSSR count). The second-order valence-corrected chi connectivity index (χ2v) is 4.47. The van der Waals surface area contributed by atoms with E-state index in [1.54, 1.807) is 18.3 Å². The van der Waals surface area contributed by atoms with Crippen molar-refractivity contribution < 1.29 is 9.53 Å². The molecule has 16 heavy (non-hydrogen) atoms. The van der Waals surface area contributed by atoms with Crippen LogP contribution in [0.5, 0.6) is 0 Å². The molecule has 1 aliphatic carbocycles. The molecule has 0 spiro atoms. The van der Waals surface area contributed by atoms with Gasteiger partial charge in [0.2, 0.25) is 0 Å². The van der Waals surface area contributed by atoms with Gasteiger partial charge in [-0.1, -0.05) is 24.7 Å². The standard InChI is InChI=1S/C12H15NO2S/c14-12(13-9-5-4-8-11(13)16)15-10-6-2-1-3-7-10/h4-5,8-10H,1-3,6-7H2. The minimum Gasteiger partial charge on any atom is -0.446 e. The normalized spacial score (nSPS) is 17.0. The third-order valence-corrected chi connectivity index (χ3v) is 3.17. The summed E-state index contributed by atoms with van der Waals surface area (Å²) in [5.74, 6) is 0. The quantitative estimate of drug-likeness (QED) is 0.700. The van der Waals surface area contributed by atoms with E-state index in [2.05, 4.69) is 0 Å². The van der Waals surface area contributed by atoms with Gasteiger partial charge in [0, 0.05) is 6.20 Å². The summed E-state index contributed by atoms with van der Waals surface area (Å²) in [6, 6.07) is 5.31. The molecule has 0 saturated heterocycles. The summed E-state index contributed by atoms with van der Waals surface area (Å²) in [5.41, 5.74) is 0. The zero-order valence-electron chi connectivity index (χ0n) is 9.09. The maximum absolute atomic E-state index is 11.8. The smallest absolute Gasteiger partial charge is 0.419 e. The highest BCUT2D eigenvalue weighted by Crippen LogP contribution is 2.20. The Morgan fingerprint density at radius 3 is 2.75 bits per heavy atom.